The van der Waals surface area contributed by atoms with Gasteiger partial charge in [-0.05, 0) is 87.1 Å². The van der Waals surface area contributed by atoms with Crippen molar-refractivity contribution in [3.63, 3.8) is 0 Å². The number of anilines is 4. The lowest BCUT2D eigenvalue weighted by molar-refractivity contribution is 0.678. The molecule has 0 saturated carbocycles. The number of unbranched alkanes of at least 4 members (excludes halogenated alkanes) is 6. The summed E-state index contributed by atoms with van der Waals surface area (Å²) in [7, 11) is 1.98. The van der Waals surface area contributed by atoms with Gasteiger partial charge in [0.1, 0.15) is 0 Å². The lowest BCUT2D eigenvalue weighted by Gasteiger charge is -2.25. The van der Waals surface area contributed by atoms with E-state index in [1.165, 1.54) is 94.1 Å². The Hall–Kier alpha value is -5.10. The van der Waals surface area contributed by atoms with Crippen molar-refractivity contribution in [2.75, 3.05) is 66.3 Å². The van der Waals surface area contributed by atoms with Crippen molar-refractivity contribution in [3.8, 4) is 0 Å². The third-order valence-corrected chi connectivity index (χ3v) is 11.9. The molecule has 1 aliphatic rings. The van der Waals surface area contributed by atoms with Gasteiger partial charge in [-0.15, -0.1) is 0 Å². The number of allylic oxidation sites excluding steroid dienone is 4. The molecule has 326 valence electrons. The number of benzene rings is 4. The second-order valence-corrected chi connectivity index (χ2v) is 16.6. The zero-order chi connectivity index (χ0) is 43.2. The molecule has 0 aromatic heterocycles. The number of rotatable bonds is 26. The van der Waals surface area contributed by atoms with E-state index in [2.05, 4.69) is 192 Å². The Morgan fingerprint density at radius 2 is 0.574 bits per heavy atom. The van der Waals surface area contributed by atoms with Crippen molar-refractivity contribution in [2.45, 2.75) is 119 Å². The van der Waals surface area contributed by atoms with Crippen LogP contribution in [0.3, 0.4) is 0 Å². The molecule has 0 unspecified atom stereocenters. The van der Waals surface area contributed by atoms with Crippen LogP contribution in [0.1, 0.15) is 119 Å². The molecule has 0 saturated heterocycles. The first kappa shape index (κ1) is 47.0. The van der Waals surface area contributed by atoms with E-state index in [4.69, 9.17) is 0 Å². The first-order chi connectivity index (χ1) is 30.0. The Morgan fingerprint density at radius 1 is 0.344 bits per heavy atom. The second-order valence-electron chi connectivity index (χ2n) is 16.6. The number of hydrogen-bond acceptors (Lipinski definition) is 4. The van der Waals surface area contributed by atoms with E-state index in [0.717, 1.165) is 79.1 Å². The van der Waals surface area contributed by atoms with Gasteiger partial charge in [-0.3, -0.25) is 0 Å². The van der Waals surface area contributed by atoms with E-state index in [9.17, 15) is 0 Å². The van der Waals surface area contributed by atoms with Crippen LogP contribution in [0.15, 0.2) is 121 Å². The first-order valence-corrected chi connectivity index (χ1v) is 24.0. The van der Waals surface area contributed by atoms with E-state index < -0.39 is 0 Å². The van der Waals surface area contributed by atoms with Gasteiger partial charge in [-0.1, -0.05) is 80.1 Å². The molecule has 0 radical (unpaired) electrons. The van der Waals surface area contributed by atoms with Gasteiger partial charge in [0.05, 0.1) is 0 Å². The third-order valence-electron chi connectivity index (χ3n) is 11.9. The van der Waals surface area contributed by atoms with Crippen molar-refractivity contribution in [3.05, 3.63) is 121 Å². The maximum atomic E-state index is 3.30. The standard InChI is InChI=1S/C55H77N6/c1-8-14-40-57(41-15-9-2)47-24-30-51(31-25-47)60(50-22-20-46(56-7)21-23-50)54-36-38-55(39-37-54)61(52-32-26-48(27-33-52)58(42-16-10-3)43-17-11-4)53-34-28-49(29-35-53)59(44-18-12-5)45-19-13-6/h20-39H,8-19,40-45H2,1-7H3/q+1/p+1. The average molecular weight is 823 g/mol. The van der Waals surface area contributed by atoms with Crippen LogP contribution in [0, 0.1) is 0 Å². The van der Waals surface area contributed by atoms with Crippen molar-refractivity contribution in [1.82, 2.24) is 9.15 Å². The van der Waals surface area contributed by atoms with E-state index >= 15 is 0 Å². The van der Waals surface area contributed by atoms with Crippen molar-refractivity contribution in [1.29, 1.82) is 0 Å². The van der Waals surface area contributed by atoms with Crippen LogP contribution in [0.2, 0.25) is 0 Å². The number of hydrogen-bond donors (Lipinski definition) is 1. The molecule has 6 heteroatoms. The van der Waals surface area contributed by atoms with E-state index in [1.54, 1.807) is 0 Å². The smallest absolute Gasteiger partial charge is 0.212 e. The highest BCUT2D eigenvalue weighted by molar-refractivity contribution is 6.20. The summed E-state index contributed by atoms with van der Waals surface area (Å²) in [5.74, 6) is 0. The highest BCUT2D eigenvalue weighted by Crippen LogP contribution is 2.30. The fourth-order valence-corrected chi connectivity index (χ4v) is 8.06. The zero-order valence-corrected chi connectivity index (χ0v) is 39.0. The second kappa shape index (κ2) is 25.6. The lowest BCUT2D eigenvalue weighted by Crippen LogP contribution is -2.26. The van der Waals surface area contributed by atoms with Gasteiger partial charge < -0.3 is 20.0 Å². The van der Waals surface area contributed by atoms with E-state index in [-0.39, 0.29) is 0 Å². The van der Waals surface area contributed by atoms with Gasteiger partial charge in [-0.2, -0.15) is 9.15 Å². The quantitative estimate of drug-likeness (QED) is 0.0504. The fraction of sp³-hybridized carbons (Fsp3) is 0.455. The minimum Gasteiger partial charge on any atom is -0.388 e. The molecule has 0 bridgehead atoms. The molecule has 0 spiro atoms. The minimum atomic E-state index is 1.10. The summed E-state index contributed by atoms with van der Waals surface area (Å²) < 4.78 is 4.80. The molecule has 5 rings (SSSR count). The largest absolute Gasteiger partial charge is 0.388 e. The van der Waals surface area contributed by atoms with Gasteiger partial charge >= 0.3 is 0 Å². The Kier molecular flexibility index (Phi) is 19.7. The molecule has 6 nitrogen and oxygen atoms in total. The topological polar surface area (TPSA) is 27.8 Å². The monoisotopic (exact) mass is 823 g/mol. The van der Waals surface area contributed by atoms with Crippen LogP contribution in [0.5, 0.6) is 0 Å². The minimum absolute atomic E-state index is 1.10. The molecule has 61 heavy (non-hydrogen) atoms. The van der Waals surface area contributed by atoms with Gasteiger partial charge in [0.25, 0.3) is 0 Å². The van der Waals surface area contributed by atoms with Crippen LogP contribution in [-0.4, -0.2) is 57.7 Å². The molecular formula is C55H78N6+2. The molecular weight excluding hydrogens is 745 g/mol. The summed E-state index contributed by atoms with van der Waals surface area (Å²) in [4.78, 5) is 7.71. The predicted molar refractivity (Wildman–Crippen MR) is 273 cm³/mol. The molecule has 4 aromatic carbocycles. The predicted octanol–water partition coefficient (Wildman–Crippen LogP) is 14.3. The number of nitrogens with one attached hydrogen (secondary N) is 1. The molecule has 1 aliphatic carbocycles. The molecule has 1 N–H and O–H groups in total. The lowest BCUT2D eigenvalue weighted by atomic mass is 10.1. The van der Waals surface area contributed by atoms with Crippen LogP contribution in [0.4, 0.5) is 45.5 Å². The van der Waals surface area contributed by atoms with E-state index in [0.29, 0.717) is 0 Å². The molecule has 0 heterocycles. The van der Waals surface area contributed by atoms with Crippen LogP contribution in [0.25, 0.3) is 0 Å². The maximum absolute atomic E-state index is 3.30. The molecule has 0 amide bonds. The average Bonchev–Trinajstić information content (AvgIpc) is 3.31. The van der Waals surface area contributed by atoms with Crippen LogP contribution < -0.4 is 29.2 Å². The summed E-state index contributed by atoms with van der Waals surface area (Å²) in [5.41, 5.74) is 11.9. The van der Waals surface area contributed by atoms with E-state index in [1.807, 2.05) is 7.05 Å². The van der Waals surface area contributed by atoms with Gasteiger partial charge in [-0.25, -0.2) is 0 Å². The SMILES string of the molecule is CCCCN(CCCC)c1ccc([N+](=C2C=CC(=[N+](c3ccc(N(CCCC)CCCC)cc3)c3ccc(N(CCCC)CCCC)cc3)C=C2)c2ccc(NC)cc2)cc1. The molecule has 4 aromatic rings. The highest BCUT2D eigenvalue weighted by atomic mass is 15.1. The number of nitrogens with zero attached hydrogens (tertiary/aromatic N) is 5. The molecule has 0 atom stereocenters. The summed E-state index contributed by atoms with van der Waals surface area (Å²) >= 11 is 0. The van der Waals surface area contributed by atoms with Crippen molar-refractivity contribution < 1.29 is 0 Å². The third kappa shape index (κ3) is 13.4. The van der Waals surface area contributed by atoms with Gasteiger partial charge in [0.2, 0.25) is 34.2 Å². The Balaban J connectivity index is 1.59. The molecule has 0 fully saturated rings. The Morgan fingerprint density at radius 3 is 0.787 bits per heavy atom. The highest BCUT2D eigenvalue weighted by Gasteiger charge is 2.25. The van der Waals surface area contributed by atoms with Crippen LogP contribution in [-0.2, 0) is 0 Å². The van der Waals surface area contributed by atoms with Crippen molar-refractivity contribution >= 4 is 56.9 Å². The van der Waals surface area contributed by atoms with Gasteiger partial charge in [0.15, 0.2) is 0 Å². The summed E-state index contributed by atoms with van der Waals surface area (Å²) in [6, 6.07) is 36.6. The Bertz CT molecular complexity index is 1880. The molecule has 0 aliphatic heterocycles. The van der Waals surface area contributed by atoms with Crippen molar-refractivity contribution in [2.24, 2.45) is 0 Å². The van der Waals surface area contributed by atoms with Gasteiger partial charge in [0, 0.05) is 142 Å². The summed E-state index contributed by atoms with van der Waals surface area (Å²) in [6.45, 7) is 20.3. The normalized spacial score (nSPS) is 12.2. The Labute approximate surface area is 371 Å². The zero-order valence-electron chi connectivity index (χ0n) is 39.0. The fourth-order valence-electron chi connectivity index (χ4n) is 8.06. The summed E-state index contributed by atoms with van der Waals surface area (Å²) in [5, 5.41) is 3.30. The maximum Gasteiger partial charge on any atom is 0.212 e. The van der Waals surface area contributed by atoms with Crippen LogP contribution >= 0.6 is 0 Å². The first-order valence-electron chi connectivity index (χ1n) is 24.0. The summed E-state index contributed by atoms with van der Waals surface area (Å²) in [6.07, 6.45) is 23.6.